The molecule has 6 nitrogen and oxygen atoms in total. The molecule has 0 saturated carbocycles. The summed E-state index contributed by atoms with van der Waals surface area (Å²) in [5, 5.41) is 3.18. The van der Waals surface area contributed by atoms with Gasteiger partial charge >= 0.3 is 5.97 Å². The number of carbonyl (C=O) groups is 3. The van der Waals surface area contributed by atoms with Gasteiger partial charge in [0.15, 0.2) is 18.5 Å². The van der Waals surface area contributed by atoms with Crippen molar-refractivity contribution in [3.05, 3.63) is 59.1 Å². The van der Waals surface area contributed by atoms with Gasteiger partial charge in [-0.1, -0.05) is 18.5 Å². The first-order chi connectivity index (χ1) is 12.9. The van der Waals surface area contributed by atoms with Crippen molar-refractivity contribution in [2.75, 3.05) is 11.9 Å². The minimum absolute atomic E-state index is 0.0292. The predicted molar refractivity (Wildman–Crippen MR) is 102 cm³/mol. The fraction of sp³-hybridized carbons (Fsp3) is 0.250. The van der Waals surface area contributed by atoms with Crippen LogP contribution in [0.5, 0.6) is 5.75 Å². The monoisotopic (exact) mass is 389 g/mol. The largest absolute Gasteiger partial charge is 0.482 e. The number of nitrogens with one attached hydrogen (secondary N) is 1. The number of ether oxygens (including phenoxy) is 2. The molecule has 142 valence electrons. The fourth-order valence-corrected chi connectivity index (χ4v) is 2.27. The Morgan fingerprint density at radius 2 is 1.67 bits per heavy atom. The van der Waals surface area contributed by atoms with E-state index in [0.29, 0.717) is 28.4 Å². The Kier molecular flexibility index (Phi) is 7.37. The number of hydrogen-bond acceptors (Lipinski definition) is 5. The maximum atomic E-state index is 12.0. The average Bonchev–Trinajstić information content (AvgIpc) is 2.67. The zero-order valence-corrected chi connectivity index (χ0v) is 15.8. The van der Waals surface area contributed by atoms with Crippen molar-refractivity contribution in [3.8, 4) is 5.75 Å². The summed E-state index contributed by atoms with van der Waals surface area (Å²) in [7, 11) is 0. The molecule has 0 fully saturated rings. The highest BCUT2D eigenvalue weighted by Crippen LogP contribution is 2.15. The Hall–Kier alpha value is -2.86. The molecule has 27 heavy (non-hydrogen) atoms. The van der Waals surface area contributed by atoms with Gasteiger partial charge in [0.2, 0.25) is 0 Å². The highest BCUT2D eigenvalue weighted by molar-refractivity contribution is 6.30. The Balaban J connectivity index is 1.79. The van der Waals surface area contributed by atoms with Crippen LogP contribution in [-0.2, 0) is 14.3 Å². The zero-order valence-electron chi connectivity index (χ0n) is 15.0. The van der Waals surface area contributed by atoms with Crippen molar-refractivity contribution in [1.29, 1.82) is 0 Å². The molecule has 0 aliphatic carbocycles. The van der Waals surface area contributed by atoms with Crippen molar-refractivity contribution in [1.82, 2.24) is 0 Å². The molecule has 0 heterocycles. The van der Waals surface area contributed by atoms with E-state index in [0.717, 1.165) is 0 Å². The molecule has 0 aromatic heterocycles. The van der Waals surface area contributed by atoms with Gasteiger partial charge < -0.3 is 14.8 Å². The van der Waals surface area contributed by atoms with Crippen LogP contribution in [0.2, 0.25) is 5.02 Å². The molecular formula is C20H20ClNO5. The van der Waals surface area contributed by atoms with Crippen LogP contribution < -0.4 is 10.1 Å². The van der Waals surface area contributed by atoms with Crippen LogP contribution >= 0.6 is 11.6 Å². The van der Waals surface area contributed by atoms with E-state index >= 15 is 0 Å². The average molecular weight is 390 g/mol. The predicted octanol–water partition coefficient (Wildman–Crippen LogP) is 3.88. The first kappa shape index (κ1) is 20.5. The number of Topliss-reactive ketones (excluding diaryl/α,β-unsaturated/α-hetero) is 1. The Bertz CT molecular complexity index is 802. The molecule has 0 unspecified atom stereocenters. The molecule has 0 saturated heterocycles. The van der Waals surface area contributed by atoms with E-state index in [1.807, 2.05) is 0 Å². The number of amides is 1. The van der Waals surface area contributed by atoms with Gasteiger partial charge in [0.25, 0.3) is 5.91 Å². The lowest BCUT2D eigenvalue weighted by Crippen LogP contribution is -2.31. The molecule has 1 atom stereocenters. The van der Waals surface area contributed by atoms with E-state index < -0.39 is 18.0 Å². The number of hydrogen-bond donors (Lipinski definition) is 1. The molecule has 1 amide bonds. The second-order valence-electron chi connectivity index (χ2n) is 5.72. The third-order valence-electron chi connectivity index (χ3n) is 3.64. The fourth-order valence-electron chi connectivity index (χ4n) is 2.15. The van der Waals surface area contributed by atoms with Crippen molar-refractivity contribution < 1.29 is 23.9 Å². The quantitative estimate of drug-likeness (QED) is 0.547. The Labute approximate surface area is 162 Å². The molecular weight excluding hydrogens is 370 g/mol. The standard InChI is InChI=1S/C20H20ClNO5/c1-3-18(23)14-4-10-17(11-5-14)26-12-19(24)27-13(2)20(25)22-16-8-6-15(21)7-9-16/h4-11,13H,3,12H2,1-2H3,(H,22,25)/t13-/m1/s1. The third-order valence-corrected chi connectivity index (χ3v) is 3.90. The van der Waals surface area contributed by atoms with E-state index in [1.165, 1.54) is 6.92 Å². The molecule has 2 aromatic rings. The summed E-state index contributed by atoms with van der Waals surface area (Å²) in [4.78, 5) is 35.5. The molecule has 2 rings (SSSR count). The van der Waals surface area contributed by atoms with Gasteiger partial charge in [0, 0.05) is 22.7 Å². The molecule has 0 aliphatic rings. The van der Waals surface area contributed by atoms with Crippen LogP contribution in [-0.4, -0.2) is 30.4 Å². The van der Waals surface area contributed by atoms with Crippen molar-refractivity contribution in [2.45, 2.75) is 26.4 Å². The number of benzene rings is 2. The van der Waals surface area contributed by atoms with E-state index in [-0.39, 0.29) is 12.4 Å². The molecule has 1 N–H and O–H groups in total. The first-order valence-electron chi connectivity index (χ1n) is 8.41. The van der Waals surface area contributed by atoms with Crippen molar-refractivity contribution in [3.63, 3.8) is 0 Å². The number of ketones is 1. The minimum Gasteiger partial charge on any atom is -0.482 e. The van der Waals surface area contributed by atoms with Gasteiger partial charge in [-0.05, 0) is 55.5 Å². The Morgan fingerprint density at radius 3 is 2.26 bits per heavy atom. The number of carbonyl (C=O) groups excluding carboxylic acids is 3. The maximum absolute atomic E-state index is 12.0. The lowest BCUT2D eigenvalue weighted by molar-refractivity contribution is -0.155. The lowest BCUT2D eigenvalue weighted by atomic mass is 10.1. The topological polar surface area (TPSA) is 81.7 Å². The highest BCUT2D eigenvalue weighted by Gasteiger charge is 2.18. The number of rotatable bonds is 8. The maximum Gasteiger partial charge on any atom is 0.344 e. The second-order valence-corrected chi connectivity index (χ2v) is 6.15. The summed E-state index contributed by atoms with van der Waals surface area (Å²) in [6.07, 6.45) is -0.566. The molecule has 2 aromatic carbocycles. The zero-order chi connectivity index (χ0) is 19.8. The van der Waals surface area contributed by atoms with Crippen LogP contribution in [0, 0.1) is 0 Å². The van der Waals surface area contributed by atoms with Crippen LogP contribution in [0.3, 0.4) is 0 Å². The summed E-state index contributed by atoms with van der Waals surface area (Å²) in [5.74, 6) is -0.685. The highest BCUT2D eigenvalue weighted by atomic mass is 35.5. The van der Waals surface area contributed by atoms with Gasteiger partial charge in [-0.2, -0.15) is 0 Å². The van der Waals surface area contributed by atoms with E-state index in [9.17, 15) is 14.4 Å². The number of esters is 1. The minimum atomic E-state index is -0.985. The molecule has 0 radical (unpaired) electrons. The summed E-state index contributed by atoms with van der Waals surface area (Å²) >= 11 is 5.78. The molecule has 0 spiro atoms. The summed E-state index contributed by atoms with van der Waals surface area (Å²) in [5.41, 5.74) is 1.13. The first-order valence-corrected chi connectivity index (χ1v) is 8.78. The van der Waals surface area contributed by atoms with Crippen LogP contribution in [0.25, 0.3) is 0 Å². The molecule has 0 bridgehead atoms. The normalized spacial score (nSPS) is 11.4. The summed E-state index contributed by atoms with van der Waals surface area (Å²) in [6.45, 7) is 2.90. The van der Waals surface area contributed by atoms with Crippen molar-refractivity contribution >= 4 is 34.9 Å². The SMILES string of the molecule is CCC(=O)c1ccc(OCC(=O)O[C@H](C)C(=O)Nc2ccc(Cl)cc2)cc1. The van der Waals surface area contributed by atoms with E-state index in [2.05, 4.69) is 5.32 Å². The number of anilines is 1. The number of halogens is 1. The smallest absolute Gasteiger partial charge is 0.344 e. The van der Waals surface area contributed by atoms with Crippen LogP contribution in [0.4, 0.5) is 5.69 Å². The summed E-state index contributed by atoms with van der Waals surface area (Å²) < 4.78 is 10.4. The molecule has 0 aliphatic heterocycles. The van der Waals surface area contributed by atoms with Gasteiger partial charge in [-0.25, -0.2) is 4.79 Å². The van der Waals surface area contributed by atoms with Crippen LogP contribution in [0.15, 0.2) is 48.5 Å². The van der Waals surface area contributed by atoms with Gasteiger partial charge in [0.1, 0.15) is 5.75 Å². The van der Waals surface area contributed by atoms with E-state index in [1.54, 1.807) is 55.5 Å². The molecule has 7 heteroatoms. The second kappa shape index (κ2) is 9.73. The van der Waals surface area contributed by atoms with Crippen LogP contribution in [0.1, 0.15) is 30.6 Å². The van der Waals surface area contributed by atoms with Crippen molar-refractivity contribution in [2.24, 2.45) is 0 Å². The van der Waals surface area contributed by atoms with Gasteiger partial charge in [-0.15, -0.1) is 0 Å². The van der Waals surface area contributed by atoms with Gasteiger partial charge in [-0.3, -0.25) is 9.59 Å². The Morgan fingerprint density at radius 1 is 1.04 bits per heavy atom. The lowest BCUT2D eigenvalue weighted by Gasteiger charge is -2.14. The van der Waals surface area contributed by atoms with E-state index in [4.69, 9.17) is 21.1 Å². The third kappa shape index (κ3) is 6.42. The summed E-state index contributed by atoms with van der Waals surface area (Å²) in [6, 6.07) is 13.0. The van der Waals surface area contributed by atoms with Gasteiger partial charge in [0.05, 0.1) is 0 Å².